The van der Waals surface area contributed by atoms with E-state index in [1.807, 2.05) is 0 Å². The lowest BCUT2D eigenvalue weighted by molar-refractivity contribution is 0.0734. The number of hydrogen-bond donors (Lipinski definition) is 2. The Morgan fingerprint density at radius 1 is 1.35 bits per heavy atom. The molecule has 0 bridgehead atoms. The molecule has 0 atom stereocenters. The number of carbonyl (C=O) groups is 1. The fraction of sp³-hybridized carbons (Fsp3) is 0.500. The van der Waals surface area contributed by atoms with Crippen LogP contribution < -0.4 is 11.3 Å². The van der Waals surface area contributed by atoms with Crippen molar-refractivity contribution in [2.45, 2.75) is 6.42 Å². The molecule has 1 aliphatic heterocycles. The van der Waals surface area contributed by atoms with Crippen molar-refractivity contribution in [3.05, 3.63) is 17.8 Å². The molecule has 1 aliphatic rings. The van der Waals surface area contributed by atoms with E-state index < -0.39 is 0 Å². The van der Waals surface area contributed by atoms with E-state index >= 15 is 0 Å². The van der Waals surface area contributed by atoms with E-state index in [-0.39, 0.29) is 5.91 Å². The summed E-state index contributed by atoms with van der Waals surface area (Å²) < 4.78 is 5.29. The SMILES string of the molecule is NNc1ccc(C(=O)N2CCCOCC2)nn1. The summed E-state index contributed by atoms with van der Waals surface area (Å²) in [4.78, 5) is 13.8. The van der Waals surface area contributed by atoms with Crippen molar-refractivity contribution in [3.63, 3.8) is 0 Å². The number of nitrogens with two attached hydrogens (primary N) is 1. The lowest BCUT2D eigenvalue weighted by Gasteiger charge is -2.18. The summed E-state index contributed by atoms with van der Waals surface area (Å²) in [6.45, 7) is 2.56. The first kappa shape index (κ1) is 11.7. The van der Waals surface area contributed by atoms with Gasteiger partial charge in [-0.05, 0) is 18.6 Å². The highest BCUT2D eigenvalue weighted by molar-refractivity contribution is 5.92. The van der Waals surface area contributed by atoms with Crippen molar-refractivity contribution in [2.24, 2.45) is 5.84 Å². The van der Waals surface area contributed by atoms with Gasteiger partial charge in [0.05, 0.1) is 6.61 Å². The van der Waals surface area contributed by atoms with Gasteiger partial charge in [-0.1, -0.05) is 0 Å². The van der Waals surface area contributed by atoms with Crippen LogP contribution in [0.15, 0.2) is 12.1 Å². The highest BCUT2D eigenvalue weighted by atomic mass is 16.5. The van der Waals surface area contributed by atoms with Gasteiger partial charge >= 0.3 is 0 Å². The summed E-state index contributed by atoms with van der Waals surface area (Å²) in [7, 11) is 0. The molecule has 92 valence electrons. The van der Waals surface area contributed by atoms with Crippen molar-refractivity contribution in [1.82, 2.24) is 15.1 Å². The number of hydrazine groups is 1. The van der Waals surface area contributed by atoms with Crippen LogP contribution in [0, 0.1) is 0 Å². The first-order valence-corrected chi connectivity index (χ1v) is 5.48. The molecule has 1 aromatic heterocycles. The summed E-state index contributed by atoms with van der Waals surface area (Å²) >= 11 is 0. The molecule has 0 aliphatic carbocycles. The van der Waals surface area contributed by atoms with Crippen LogP contribution in [-0.2, 0) is 4.74 Å². The van der Waals surface area contributed by atoms with Gasteiger partial charge in [-0.15, -0.1) is 10.2 Å². The Labute approximate surface area is 98.9 Å². The fourth-order valence-electron chi connectivity index (χ4n) is 1.63. The Morgan fingerprint density at radius 2 is 2.24 bits per heavy atom. The number of nitrogens with zero attached hydrogens (tertiary/aromatic N) is 3. The zero-order valence-corrected chi connectivity index (χ0v) is 9.43. The minimum Gasteiger partial charge on any atom is -0.380 e. The molecule has 0 aromatic carbocycles. The molecule has 0 unspecified atom stereocenters. The first-order valence-electron chi connectivity index (χ1n) is 5.48. The van der Waals surface area contributed by atoms with Gasteiger partial charge in [-0.2, -0.15) is 0 Å². The second-order valence-corrected chi connectivity index (χ2v) is 3.71. The molecule has 1 fully saturated rings. The number of nitrogens with one attached hydrogen (secondary N) is 1. The van der Waals surface area contributed by atoms with E-state index in [0.717, 1.165) is 6.42 Å². The number of aromatic nitrogens is 2. The average Bonchev–Trinajstić information content (AvgIpc) is 2.67. The van der Waals surface area contributed by atoms with Crippen molar-refractivity contribution < 1.29 is 9.53 Å². The Hall–Kier alpha value is -1.73. The smallest absolute Gasteiger partial charge is 0.274 e. The number of amides is 1. The van der Waals surface area contributed by atoms with Crippen LogP contribution in [0.25, 0.3) is 0 Å². The van der Waals surface area contributed by atoms with Crippen LogP contribution >= 0.6 is 0 Å². The maximum absolute atomic E-state index is 12.1. The molecule has 2 rings (SSSR count). The van der Waals surface area contributed by atoms with Crippen LogP contribution in [0.4, 0.5) is 5.82 Å². The fourth-order valence-corrected chi connectivity index (χ4v) is 1.63. The largest absolute Gasteiger partial charge is 0.380 e. The third kappa shape index (κ3) is 2.89. The zero-order chi connectivity index (χ0) is 12.1. The van der Waals surface area contributed by atoms with Gasteiger partial charge in [-0.3, -0.25) is 4.79 Å². The molecule has 1 aromatic rings. The summed E-state index contributed by atoms with van der Waals surface area (Å²) in [6.07, 6.45) is 0.849. The second-order valence-electron chi connectivity index (χ2n) is 3.71. The molecule has 7 nitrogen and oxygen atoms in total. The highest BCUT2D eigenvalue weighted by Crippen LogP contribution is 2.06. The molecule has 2 heterocycles. The molecule has 0 saturated carbocycles. The number of ether oxygens (including phenoxy) is 1. The monoisotopic (exact) mass is 237 g/mol. The summed E-state index contributed by atoms with van der Waals surface area (Å²) in [5.74, 6) is 5.49. The van der Waals surface area contributed by atoms with Crippen molar-refractivity contribution in [1.29, 1.82) is 0 Å². The van der Waals surface area contributed by atoms with Crippen LogP contribution in [0.3, 0.4) is 0 Å². The number of anilines is 1. The average molecular weight is 237 g/mol. The zero-order valence-electron chi connectivity index (χ0n) is 9.43. The lowest BCUT2D eigenvalue weighted by Crippen LogP contribution is -2.33. The molecule has 1 amide bonds. The third-order valence-electron chi connectivity index (χ3n) is 2.54. The quantitative estimate of drug-likeness (QED) is 0.538. The lowest BCUT2D eigenvalue weighted by atomic mass is 10.3. The summed E-state index contributed by atoms with van der Waals surface area (Å²) in [5, 5.41) is 7.60. The van der Waals surface area contributed by atoms with Crippen molar-refractivity contribution in [2.75, 3.05) is 31.7 Å². The van der Waals surface area contributed by atoms with E-state index in [1.165, 1.54) is 0 Å². The number of hydrogen-bond acceptors (Lipinski definition) is 6. The predicted octanol–water partition coefficient (Wildman–Crippen LogP) is -0.375. The normalized spacial score (nSPS) is 16.4. The summed E-state index contributed by atoms with van der Waals surface area (Å²) in [5.41, 5.74) is 2.69. The van der Waals surface area contributed by atoms with E-state index in [1.54, 1.807) is 17.0 Å². The van der Waals surface area contributed by atoms with Crippen molar-refractivity contribution in [3.8, 4) is 0 Å². The standard InChI is InChI=1S/C10H15N5O2/c11-12-9-3-2-8(13-14-9)10(16)15-4-1-6-17-7-5-15/h2-3H,1,4-7,11H2,(H,12,14). The molecular weight excluding hydrogens is 222 g/mol. The van der Waals surface area contributed by atoms with Crippen LogP contribution in [-0.4, -0.2) is 47.3 Å². The summed E-state index contributed by atoms with van der Waals surface area (Å²) in [6, 6.07) is 3.23. The van der Waals surface area contributed by atoms with E-state index in [2.05, 4.69) is 15.6 Å². The number of rotatable bonds is 2. The Morgan fingerprint density at radius 3 is 2.94 bits per heavy atom. The predicted molar refractivity (Wildman–Crippen MR) is 61.2 cm³/mol. The first-order chi connectivity index (χ1) is 8.31. The van der Waals surface area contributed by atoms with Gasteiger partial charge in [0.2, 0.25) is 0 Å². The van der Waals surface area contributed by atoms with Crippen molar-refractivity contribution >= 4 is 11.7 Å². The highest BCUT2D eigenvalue weighted by Gasteiger charge is 2.18. The van der Waals surface area contributed by atoms with Gasteiger partial charge < -0.3 is 15.1 Å². The van der Waals surface area contributed by atoms with Gasteiger partial charge in [0, 0.05) is 19.7 Å². The topological polar surface area (TPSA) is 93.4 Å². The minimum atomic E-state index is -0.119. The Kier molecular flexibility index (Phi) is 3.84. The molecule has 7 heteroatoms. The van der Waals surface area contributed by atoms with Gasteiger partial charge in [-0.25, -0.2) is 5.84 Å². The molecule has 0 spiro atoms. The third-order valence-corrected chi connectivity index (χ3v) is 2.54. The van der Waals surface area contributed by atoms with Gasteiger partial charge in [0.15, 0.2) is 11.5 Å². The van der Waals surface area contributed by atoms with Crippen LogP contribution in [0.1, 0.15) is 16.9 Å². The van der Waals surface area contributed by atoms with E-state index in [0.29, 0.717) is 37.8 Å². The Bertz CT molecular complexity index is 373. The molecule has 3 N–H and O–H groups in total. The van der Waals surface area contributed by atoms with Crippen LogP contribution in [0.2, 0.25) is 0 Å². The molecule has 1 saturated heterocycles. The van der Waals surface area contributed by atoms with Gasteiger partial charge in [0.1, 0.15) is 0 Å². The maximum Gasteiger partial charge on any atom is 0.274 e. The Balaban J connectivity index is 2.06. The number of nitrogen functional groups attached to an aromatic ring is 1. The molecule has 17 heavy (non-hydrogen) atoms. The van der Waals surface area contributed by atoms with Gasteiger partial charge in [0.25, 0.3) is 5.91 Å². The van der Waals surface area contributed by atoms with E-state index in [4.69, 9.17) is 10.6 Å². The van der Waals surface area contributed by atoms with Crippen LogP contribution in [0.5, 0.6) is 0 Å². The number of carbonyl (C=O) groups excluding carboxylic acids is 1. The van der Waals surface area contributed by atoms with E-state index in [9.17, 15) is 4.79 Å². The maximum atomic E-state index is 12.1. The second kappa shape index (κ2) is 5.55. The molecular formula is C10H15N5O2. The minimum absolute atomic E-state index is 0.119. The molecule has 0 radical (unpaired) electrons.